The Hall–Kier alpha value is -2.67. The van der Waals surface area contributed by atoms with E-state index in [9.17, 15) is 9.59 Å². The molecular formula is C15H16ClN5O2. The number of hydrogen-bond acceptors (Lipinski definition) is 5. The molecule has 0 saturated heterocycles. The maximum atomic E-state index is 11.7. The number of carbonyl (C=O) groups is 2. The highest BCUT2D eigenvalue weighted by molar-refractivity contribution is 6.29. The van der Waals surface area contributed by atoms with Crippen molar-refractivity contribution < 1.29 is 9.59 Å². The molecule has 4 N–H and O–H groups in total. The summed E-state index contributed by atoms with van der Waals surface area (Å²) < 4.78 is 0. The molecule has 7 nitrogen and oxygen atoms in total. The van der Waals surface area contributed by atoms with Crippen molar-refractivity contribution in [1.29, 1.82) is 0 Å². The Balaban J connectivity index is 2.07. The van der Waals surface area contributed by atoms with E-state index in [4.69, 9.17) is 17.3 Å². The summed E-state index contributed by atoms with van der Waals surface area (Å²) in [4.78, 5) is 23.1. The molecule has 1 aromatic heterocycles. The van der Waals surface area contributed by atoms with Gasteiger partial charge in [-0.15, -0.1) is 10.2 Å². The molecular weight excluding hydrogens is 318 g/mol. The molecule has 0 saturated carbocycles. The summed E-state index contributed by atoms with van der Waals surface area (Å²) in [7, 11) is 0. The molecule has 0 fully saturated rings. The summed E-state index contributed by atoms with van der Waals surface area (Å²) in [5.41, 5.74) is 6.95. The van der Waals surface area contributed by atoms with Crippen molar-refractivity contribution in [2.75, 3.05) is 11.9 Å². The summed E-state index contributed by atoms with van der Waals surface area (Å²) in [6, 6.07) is 8.43. The minimum Gasteiger partial charge on any atom is -0.365 e. The van der Waals surface area contributed by atoms with Crippen LogP contribution >= 0.6 is 11.6 Å². The predicted octanol–water partition coefficient (Wildman–Crippen LogP) is 1.59. The van der Waals surface area contributed by atoms with Crippen molar-refractivity contribution in [2.24, 2.45) is 5.73 Å². The van der Waals surface area contributed by atoms with Gasteiger partial charge in [-0.3, -0.25) is 9.59 Å². The molecule has 2 aromatic rings. The first kappa shape index (κ1) is 16.7. The molecule has 0 atom stereocenters. The largest absolute Gasteiger partial charge is 0.365 e. The number of rotatable bonds is 6. The fourth-order valence-corrected chi connectivity index (χ4v) is 2.06. The number of aromatic nitrogens is 2. The summed E-state index contributed by atoms with van der Waals surface area (Å²) in [5, 5.41) is 13.3. The molecule has 23 heavy (non-hydrogen) atoms. The Morgan fingerprint density at radius 3 is 2.52 bits per heavy atom. The first-order valence-corrected chi connectivity index (χ1v) is 7.33. The van der Waals surface area contributed by atoms with E-state index in [0.29, 0.717) is 18.7 Å². The van der Waals surface area contributed by atoms with Gasteiger partial charge in [-0.1, -0.05) is 23.7 Å². The lowest BCUT2D eigenvalue weighted by molar-refractivity contribution is 0.0954. The predicted molar refractivity (Wildman–Crippen MR) is 87.3 cm³/mol. The minimum atomic E-state index is -0.643. The maximum Gasteiger partial charge on any atom is 0.252 e. The number of primary amides is 1. The van der Waals surface area contributed by atoms with Crippen molar-refractivity contribution in [2.45, 2.75) is 13.5 Å². The number of nitrogens with zero attached hydrogens (tertiary/aromatic N) is 2. The Morgan fingerprint density at radius 1 is 1.22 bits per heavy atom. The van der Waals surface area contributed by atoms with Gasteiger partial charge in [0.2, 0.25) is 0 Å². The molecule has 8 heteroatoms. The molecule has 0 aliphatic carbocycles. The van der Waals surface area contributed by atoms with Crippen LogP contribution in [0.2, 0.25) is 5.15 Å². The number of hydrogen-bond donors (Lipinski definition) is 3. The first-order chi connectivity index (χ1) is 11.0. The van der Waals surface area contributed by atoms with Crippen LogP contribution in [0.4, 0.5) is 5.82 Å². The van der Waals surface area contributed by atoms with Gasteiger partial charge in [0.15, 0.2) is 11.0 Å². The van der Waals surface area contributed by atoms with Gasteiger partial charge in [0.1, 0.15) is 0 Å². The van der Waals surface area contributed by atoms with Crippen LogP contribution in [0.15, 0.2) is 30.3 Å². The van der Waals surface area contributed by atoms with E-state index in [2.05, 4.69) is 20.8 Å². The van der Waals surface area contributed by atoms with Crippen molar-refractivity contribution in [1.82, 2.24) is 15.5 Å². The number of halogens is 1. The average molecular weight is 334 g/mol. The molecule has 0 radical (unpaired) electrons. The van der Waals surface area contributed by atoms with Crippen molar-refractivity contribution in [3.05, 3.63) is 52.2 Å². The molecule has 0 spiro atoms. The highest BCUT2D eigenvalue weighted by Crippen LogP contribution is 2.16. The standard InChI is InChI=1S/C15H16ClN5O2/c1-2-18-15(23)10-5-3-9(4-6-10)8-19-14-11(13(17)22)7-12(16)20-21-14/h3-7H,2,8H2,1H3,(H2,17,22)(H,18,23)(H,19,21). The molecule has 2 rings (SSSR count). The number of anilines is 1. The topological polar surface area (TPSA) is 110 Å². The Bertz CT molecular complexity index is 718. The lowest BCUT2D eigenvalue weighted by atomic mass is 10.1. The number of carbonyl (C=O) groups excluding carboxylic acids is 2. The van der Waals surface area contributed by atoms with Gasteiger partial charge >= 0.3 is 0 Å². The maximum absolute atomic E-state index is 11.7. The molecule has 0 aliphatic heterocycles. The number of benzene rings is 1. The van der Waals surface area contributed by atoms with Gasteiger partial charge in [-0.2, -0.15) is 0 Å². The van der Waals surface area contributed by atoms with Crippen LogP contribution in [0.25, 0.3) is 0 Å². The first-order valence-electron chi connectivity index (χ1n) is 6.95. The molecule has 0 unspecified atom stereocenters. The molecule has 0 aliphatic rings. The van der Waals surface area contributed by atoms with E-state index >= 15 is 0 Å². The van der Waals surface area contributed by atoms with Gasteiger partial charge in [-0.25, -0.2) is 0 Å². The molecule has 2 amide bonds. The van der Waals surface area contributed by atoms with Gasteiger partial charge in [-0.05, 0) is 30.7 Å². The van der Waals surface area contributed by atoms with Crippen LogP contribution in [0.3, 0.4) is 0 Å². The SMILES string of the molecule is CCNC(=O)c1ccc(CNc2nnc(Cl)cc2C(N)=O)cc1. The Morgan fingerprint density at radius 2 is 1.91 bits per heavy atom. The van der Waals surface area contributed by atoms with Crippen molar-refractivity contribution in [3.8, 4) is 0 Å². The summed E-state index contributed by atoms with van der Waals surface area (Å²) in [6.07, 6.45) is 0. The molecule has 1 aromatic carbocycles. The lowest BCUT2D eigenvalue weighted by Gasteiger charge is -2.09. The number of nitrogens with one attached hydrogen (secondary N) is 2. The van der Waals surface area contributed by atoms with Gasteiger partial charge in [0, 0.05) is 18.7 Å². The Labute approximate surface area is 138 Å². The second kappa shape index (κ2) is 7.55. The number of nitrogens with two attached hydrogens (primary N) is 1. The van der Waals surface area contributed by atoms with E-state index in [1.165, 1.54) is 6.07 Å². The zero-order valence-electron chi connectivity index (χ0n) is 12.5. The molecule has 1 heterocycles. The van der Waals surface area contributed by atoms with E-state index in [1.807, 2.05) is 19.1 Å². The van der Waals surface area contributed by atoms with E-state index in [-0.39, 0.29) is 22.4 Å². The van der Waals surface area contributed by atoms with Crippen LogP contribution in [0.5, 0.6) is 0 Å². The zero-order valence-corrected chi connectivity index (χ0v) is 13.2. The van der Waals surface area contributed by atoms with Gasteiger partial charge in [0.25, 0.3) is 11.8 Å². The fourth-order valence-electron chi connectivity index (χ4n) is 1.91. The monoisotopic (exact) mass is 333 g/mol. The lowest BCUT2D eigenvalue weighted by Crippen LogP contribution is -2.22. The van der Waals surface area contributed by atoms with E-state index < -0.39 is 5.91 Å². The zero-order chi connectivity index (χ0) is 16.8. The third-order valence-electron chi connectivity index (χ3n) is 3.04. The quantitative estimate of drug-likeness (QED) is 0.743. The highest BCUT2D eigenvalue weighted by Gasteiger charge is 2.11. The van der Waals surface area contributed by atoms with Crippen LogP contribution in [0.1, 0.15) is 33.2 Å². The summed E-state index contributed by atoms with van der Waals surface area (Å²) >= 11 is 5.70. The van der Waals surface area contributed by atoms with Crippen LogP contribution in [-0.4, -0.2) is 28.6 Å². The fraction of sp³-hybridized carbons (Fsp3) is 0.200. The normalized spacial score (nSPS) is 10.2. The van der Waals surface area contributed by atoms with Crippen molar-refractivity contribution in [3.63, 3.8) is 0 Å². The summed E-state index contributed by atoms with van der Waals surface area (Å²) in [6.45, 7) is 2.83. The summed E-state index contributed by atoms with van der Waals surface area (Å²) in [5.74, 6) is -0.503. The molecule has 120 valence electrons. The minimum absolute atomic E-state index is 0.0932. The van der Waals surface area contributed by atoms with Gasteiger partial charge < -0.3 is 16.4 Å². The van der Waals surface area contributed by atoms with Crippen molar-refractivity contribution >= 4 is 29.2 Å². The van der Waals surface area contributed by atoms with E-state index in [1.54, 1.807) is 12.1 Å². The number of amides is 2. The van der Waals surface area contributed by atoms with Crippen LogP contribution < -0.4 is 16.4 Å². The molecule has 0 bridgehead atoms. The second-order valence-electron chi connectivity index (χ2n) is 4.70. The average Bonchev–Trinajstić information content (AvgIpc) is 2.54. The highest BCUT2D eigenvalue weighted by atomic mass is 35.5. The van der Waals surface area contributed by atoms with Crippen LogP contribution in [-0.2, 0) is 6.54 Å². The van der Waals surface area contributed by atoms with E-state index in [0.717, 1.165) is 5.56 Å². The Kier molecular flexibility index (Phi) is 5.48. The third-order valence-corrected chi connectivity index (χ3v) is 3.23. The third kappa shape index (κ3) is 4.40. The van der Waals surface area contributed by atoms with Gasteiger partial charge in [0.05, 0.1) is 5.56 Å². The second-order valence-corrected chi connectivity index (χ2v) is 5.09. The smallest absolute Gasteiger partial charge is 0.252 e. The van der Waals surface area contributed by atoms with Crippen LogP contribution in [0, 0.1) is 0 Å².